The van der Waals surface area contributed by atoms with Gasteiger partial charge in [-0.05, 0) is 27.8 Å². The maximum absolute atomic E-state index is 2.26. The van der Waals surface area contributed by atoms with Gasteiger partial charge in [-0.15, -0.1) is 0 Å². The summed E-state index contributed by atoms with van der Waals surface area (Å²) < 4.78 is 0. The van der Waals surface area contributed by atoms with Gasteiger partial charge in [0.15, 0.2) is 0 Å². The van der Waals surface area contributed by atoms with E-state index in [1.54, 1.807) is 0 Å². The molecule has 0 saturated carbocycles. The van der Waals surface area contributed by atoms with Crippen LogP contribution in [-0.4, -0.2) is 0 Å². The minimum Gasteiger partial charge on any atom is -0.0622 e. The highest BCUT2D eigenvalue weighted by Crippen LogP contribution is 2.32. The van der Waals surface area contributed by atoms with Gasteiger partial charge in [-0.3, -0.25) is 0 Å². The van der Waals surface area contributed by atoms with Crippen LogP contribution >= 0.6 is 0 Å². The van der Waals surface area contributed by atoms with Crippen LogP contribution in [0.4, 0.5) is 0 Å². The van der Waals surface area contributed by atoms with E-state index in [9.17, 15) is 0 Å². The highest BCUT2D eigenvalue weighted by Gasteiger charge is 2.16. The van der Waals surface area contributed by atoms with Crippen molar-refractivity contribution in [3.63, 3.8) is 0 Å². The lowest BCUT2D eigenvalue weighted by Crippen LogP contribution is -2.03. The van der Waals surface area contributed by atoms with Gasteiger partial charge in [0, 0.05) is 5.92 Å². The normalized spacial score (nSPS) is 10.8. The summed E-state index contributed by atoms with van der Waals surface area (Å²) in [5, 5.41) is 0. The zero-order valence-electron chi connectivity index (χ0n) is 14.0. The molecule has 4 rings (SSSR count). The summed E-state index contributed by atoms with van der Waals surface area (Å²) >= 11 is 0. The van der Waals surface area contributed by atoms with Crippen LogP contribution in [0, 0.1) is 0 Å². The first-order valence-corrected chi connectivity index (χ1v) is 8.67. The molecule has 0 atom stereocenters. The Bertz CT molecular complexity index is 868. The lowest BCUT2D eigenvalue weighted by Gasteiger charge is -2.19. The molecule has 0 amide bonds. The van der Waals surface area contributed by atoms with Gasteiger partial charge in [-0.1, -0.05) is 115 Å². The predicted octanol–water partition coefficient (Wildman–Crippen LogP) is 6.53. The van der Waals surface area contributed by atoms with Crippen molar-refractivity contribution in [1.82, 2.24) is 0 Å². The topological polar surface area (TPSA) is 0 Å². The Kier molecular flexibility index (Phi) is 4.43. The third-order valence-electron chi connectivity index (χ3n) is 4.62. The first-order valence-electron chi connectivity index (χ1n) is 8.67. The van der Waals surface area contributed by atoms with Gasteiger partial charge in [0.25, 0.3) is 0 Å². The molecule has 0 N–H and O–H groups in total. The molecule has 0 bridgehead atoms. The quantitative estimate of drug-likeness (QED) is 0.375. The van der Waals surface area contributed by atoms with E-state index in [0.29, 0.717) is 0 Å². The lowest BCUT2D eigenvalue weighted by atomic mass is 9.84. The molecule has 0 aliphatic carbocycles. The largest absolute Gasteiger partial charge is 0.0622 e. The van der Waals surface area contributed by atoms with Crippen molar-refractivity contribution >= 4 is 0 Å². The first kappa shape index (κ1) is 15.4. The first-order chi connectivity index (χ1) is 12.4. The van der Waals surface area contributed by atoms with E-state index in [0.717, 1.165) is 0 Å². The van der Waals surface area contributed by atoms with Crippen molar-refractivity contribution < 1.29 is 0 Å². The molecule has 0 saturated heterocycles. The summed E-state index contributed by atoms with van der Waals surface area (Å²) in [6, 6.07) is 40.9. The Hall–Kier alpha value is -3.12. The van der Waals surface area contributed by atoms with Crippen molar-refractivity contribution in [3.8, 4) is 11.1 Å². The van der Waals surface area contributed by atoms with E-state index in [2.05, 4.69) is 115 Å². The second kappa shape index (κ2) is 7.19. The summed E-state index contributed by atoms with van der Waals surface area (Å²) in [5.74, 6) is 0.257. The Balaban J connectivity index is 1.75. The van der Waals surface area contributed by atoms with Crippen LogP contribution in [-0.2, 0) is 0 Å². The van der Waals surface area contributed by atoms with E-state index >= 15 is 0 Å². The predicted molar refractivity (Wildman–Crippen MR) is 106 cm³/mol. The Morgan fingerprint density at radius 1 is 0.320 bits per heavy atom. The molecule has 0 aliphatic heterocycles. The average molecular weight is 320 g/mol. The maximum atomic E-state index is 2.26. The number of hydrogen-bond donors (Lipinski definition) is 0. The zero-order chi connectivity index (χ0) is 16.9. The number of rotatable bonds is 4. The summed E-state index contributed by atoms with van der Waals surface area (Å²) in [7, 11) is 0. The van der Waals surface area contributed by atoms with Gasteiger partial charge in [0.05, 0.1) is 0 Å². The molecule has 0 aliphatic rings. The standard InChI is InChI=1S/C25H20/c1-4-10-20(11-5-1)21-16-18-24(19-17-21)25(22-12-6-2-7-13-22)23-14-8-3-9-15-23/h1-19,25H. The molecular weight excluding hydrogens is 300 g/mol. The number of hydrogen-bond acceptors (Lipinski definition) is 0. The molecule has 0 radical (unpaired) electrons. The van der Waals surface area contributed by atoms with E-state index < -0.39 is 0 Å². The molecule has 0 unspecified atom stereocenters. The van der Waals surface area contributed by atoms with Gasteiger partial charge >= 0.3 is 0 Å². The fourth-order valence-corrected chi connectivity index (χ4v) is 3.37. The molecule has 0 aromatic heterocycles. The van der Waals surface area contributed by atoms with Crippen LogP contribution in [0.1, 0.15) is 22.6 Å². The van der Waals surface area contributed by atoms with Crippen LogP contribution in [0.15, 0.2) is 115 Å². The molecule has 25 heavy (non-hydrogen) atoms. The fourth-order valence-electron chi connectivity index (χ4n) is 3.37. The van der Waals surface area contributed by atoms with Crippen LogP contribution in [0.5, 0.6) is 0 Å². The molecule has 4 aromatic rings. The summed E-state index contributed by atoms with van der Waals surface area (Å²) in [4.78, 5) is 0. The molecule has 0 nitrogen and oxygen atoms in total. The Labute approximate surface area is 149 Å². The van der Waals surface area contributed by atoms with Gasteiger partial charge < -0.3 is 0 Å². The van der Waals surface area contributed by atoms with Crippen molar-refractivity contribution in [2.24, 2.45) is 0 Å². The Morgan fingerprint density at radius 3 is 1.16 bits per heavy atom. The van der Waals surface area contributed by atoms with Crippen LogP contribution in [0.25, 0.3) is 11.1 Å². The van der Waals surface area contributed by atoms with Crippen LogP contribution < -0.4 is 0 Å². The molecule has 0 fully saturated rings. The van der Waals surface area contributed by atoms with Crippen molar-refractivity contribution in [1.29, 1.82) is 0 Å². The molecular formula is C25H20. The second-order valence-electron chi connectivity index (χ2n) is 6.24. The summed E-state index contributed by atoms with van der Waals surface area (Å²) in [5.41, 5.74) is 6.47. The lowest BCUT2D eigenvalue weighted by molar-refractivity contribution is 0.978. The van der Waals surface area contributed by atoms with Crippen molar-refractivity contribution in [2.45, 2.75) is 5.92 Å². The number of benzene rings is 4. The van der Waals surface area contributed by atoms with E-state index in [-0.39, 0.29) is 5.92 Å². The molecule has 0 heterocycles. The smallest absolute Gasteiger partial charge is 0.0339 e. The molecule has 4 aromatic carbocycles. The molecule has 0 spiro atoms. The van der Waals surface area contributed by atoms with E-state index in [1.807, 2.05) is 0 Å². The summed E-state index contributed by atoms with van der Waals surface area (Å²) in [6.07, 6.45) is 0. The van der Waals surface area contributed by atoms with Gasteiger partial charge in [-0.25, -0.2) is 0 Å². The van der Waals surface area contributed by atoms with Crippen molar-refractivity contribution in [3.05, 3.63) is 132 Å². The SMILES string of the molecule is c1ccc(-c2ccc(C(c3ccccc3)c3ccccc3)cc2)cc1. The summed E-state index contributed by atoms with van der Waals surface area (Å²) in [6.45, 7) is 0. The third-order valence-corrected chi connectivity index (χ3v) is 4.62. The molecule has 120 valence electrons. The van der Waals surface area contributed by atoms with E-state index in [4.69, 9.17) is 0 Å². The highest BCUT2D eigenvalue weighted by molar-refractivity contribution is 5.64. The third kappa shape index (κ3) is 3.39. The van der Waals surface area contributed by atoms with Gasteiger partial charge in [0.2, 0.25) is 0 Å². The molecule has 0 heteroatoms. The minimum absolute atomic E-state index is 0.257. The monoisotopic (exact) mass is 320 g/mol. The average Bonchev–Trinajstić information content (AvgIpc) is 2.71. The maximum Gasteiger partial charge on any atom is 0.0339 e. The second-order valence-corrected chi connectivity index (χ2v) is 6.24. The van der Waals surface area contributed by atoms with E-state index in [1.165, 1.54) is 27.8 Å². The zero-order valence-corrected chi connectivity index (χ0v) is 14.0. The minimum atomic E-state index is 0.257. The fraction of sp³-hybridized carbons (Fsp3) is 0.0400. The van der Waals surface area contributed by atoms with Crippen LogP contribution in [0.2, 0.25) is 0 Å². The van der Waals surface area contributed by atoms with Gasteiger partial charge in [0.1, 0.15) is 0 Å². The Morgan fingerprint density at radius 2 is 0.680 bits per heavy atom. The van der Waals surface area contributed by atoms with Crippen molar-refractivity contribution in [2.75, 3.05) is 0 Å². The highest BCUT2D eigenvalue weighted by atomic mass is 14.2. The van der Waals surface area contributed by atoms with Crippen LogP contribution in [0.3, 0.4) is 0 Å². The van der Waals surface area contributed by atoms with Gasteiger partial charge in [-0.2, -0.15) is 0 Å².